The van der Waals surface area contributed by atoms with Crippen LogP contribution in [-0.2, 0) is 4.74 Å². The topological polar surface area (TPSA) is 152 Å². The van der Waals surface area contributed by atoms with E-state index in [9.17, 15) is 15.3 Å². The summed E-state index contributed by atoms with van der Waals surface area (Å²) >= 11 is 0. The van der Waals surface area contributed by atoms with Gasteiger partial charge in [-0.05, 0) is 12.8 Å². The van der Waals surface area contributed by atoms with Crippen LogP contribution in [0.4, 0.5) is 11.8 Å². The molecule has 0 amide bonds. The predicted octanol–water partition coefficient (Wildman–Crippen LogP) is -1.41. The van der Waals surface area contributed by atoms with Crippen LogP contribution in [0.25, 0.3) is 11.2 Å². The largest absolute Gasteiger partial charge is 0.394 e. The van der Waals surface area contributed by atoms with E-state index in [0.29, 0.717) is 23.0 Å². The zero-order chi connectivity index (χ0) is 16.1. The number of imidazole rings is 1. The van der Waals surface area contributed by atoms with Crippen LogP contribution < -0.4 is 11.1 Å². The van der Waals surface area contributed by atoms with Crippen molar-refractivity contribution in [3.63, 3.8) is 0 Å². The summed E-state index contributed by atoms with van der Waals surface area (Å²) in [4.78, 5) is 12.6. The molecule has 124 valence electrons. The number of hydrogen-bond donors (Lipinski definition) is 5. The number of nitrogens with zero attached hydrogens (tertiary/aromatic N) is 4. The van der Waals surface area contributed by atoms with E-state index in [1.54, 1.807) is 0 Å². The molecule has 0 spiro atoms. The van der Waals surface area contributed by atoms with Gasteiger partial charge in [-0.15, -0.1) is 0 Å². The van der Waals surface area contributed by atoms with Crippen molar-refractivity contribution in [3.8, 4) is 0 Å². The zero-order valence-electron chi connectivity index (χ0n) is 12.2. The second-order valence-electron chi connectivity index (χ2n) is 5.90. The second kappa shape index (κ2) is 5.27. The fraction of sp³-hybridized carbons (Fsp3) is 0.615. The highest BCUT2D eigenvalue weighted by molar-refractivity contribution is 5.84. The Morgan fingerprint density at radius 2 is 2.09 bits per heavy atom. The van der Waals surface area contributed by atoms with E-state index in [1.165, 1.54) is 10.9 Å². The van der Waals surface area contributed by atoms with Crippen molar-refractivity contribution in [2.45, 2.75) is 43.4 Å². The SMILES string of the molecule is Nc1nc(NC2CC2)c2ncn([C@@H]3O[C@H](CO)[C@@H](O)[C@H]3O)c2n1. The van der Waals surface area contributed by atoms with Crippen LogP contribution >= 0.6 is 0 Å². The van der Waals surface area contributed by atoms with Crippen molar-refractivity contribution in [1.29, 1.82) is 0 Å². The van der Waals surface area contributed by atoms with Gasteiger partial charge in [0.1, 0.15) is 18.3 Å². The molecule has 4 rings (SSSR count). The van der Waals surface area contributed by atoms with Gasteiger partial charge in [0.15, 0.2) is 23.2 Å². The number of ether oxygens (including phenoxy) is 1. The van der Waals surface area contributed by atoms with Gasteiger partial charge in [-0.2, -0.15) is 9.97 Å². The Morgan fingerprint density at radius 3 is 2.74 bits per heavy atom. The Bertz CT molecular complexity index is 733. The number of rotatable bonds is 4. The summed E-state index contributed by atoms with van der Waals surface area (Å²) in [5.74, 6) is 0.620. The molecule has 1 aliphatic heterocycles. The van der Waals surface area contributed by atoms with Crippen LogP contribution in [0.3, 0.4) is 0 Å². The number of aliphatic hydroxyl groups excluding tert-OH is 3. The Kier molecular flexibility index (Phi) is 3.34. The molecule has 0 unspecified atom stereocenters. The highest BCUT2D eigenvalue weighted by Crippen LogP contribution is 2.33. The number of fused-ring (bicyclic) bond motifs is 1. The van der Waals surface area contributed by atoms with Gasteiger partial charge in [0.2, 0.25) is 5.95 Å². The molecule has 10 nitrogen and oxygen atoms in total. The molecular formula is C13H18N6O4. The lowest BCUT2D eigenvalue weighted by molar-refractivity contribution is -0.0511. The summed E-state index contributed by atoms with van der Waals surface area (Å²) in [5, 5.41) is 32.5. The van der Waals surface area contributed by atoms with E-state index in [0.717, 1.165) is 12.8 Å². The average molecular weight is 322 g/mol. The monoisotopic (exact) mass is 322 g/mol. The molecule has 0 radical (unpaired) electrons. The normalized spacial score (nSPS) is 30.9. The molecule has 6 N–H and O–H groups in total. The first-order valence-corrected chi connectivity index (χ1v) is 7.47. The van der Waals surface area contributed by atoms with Crippen molar-refractivity contribution >= 4 is 22.9 Å². The molecule has 4 atom stereocenters. The Morgan fingerprint density at radius 1 is 1.30 bits per heavy atom. The third kappa shape index (κ3) is 2.39. The van der Waals surface area contributed by atoms with Crippen LogP contribution in [0, 0.1) is 0 Å². The summed E-state index contributed by atoms with van der Waals surface area (Å²) in [6.45, 7) is -0.396. The molecule has 0 aromatic carbocycles. The van der Waals surface area contributed by atoms with Crippen LogP contribution in [0.5, 0.6) is 0 Å². The van der Waals surface area contributed by atoms with Gasteiger partial charge >= 0.3 is 0 Å². The first-order chi connectivity index (χ1) is 11.1. The van der Waals surface area contributed by atoms with E-state index in [-0.39, 0.29) is 5.95 Å². The average Bonchev–Trinajstić information content (AvgIpc) is 3.17. The van der Waals surface area contributed by atoms with Gasteiger partial charge in [0.05, 0.1) is 12.9 Å². The minimum absolute atomic E-state index is 0.0779. The van der Waals surface area contributed by atoms with Gasteiger partial charge in [-0.3, -0.25) is 4.57 Å². The summed E-state index contributed by atoms with van der Waals surface area (Å²) in [6.07, 6.45) is -0.573. The quantitative estimate of drug-likeness (QED) is 0.457. The minimum Gasteiger partial charge on any atom is -0.394 e. The van der Waals surface area contributed by atoms with Crippen LogP contribution in [0.15, 0.2) is 6.33 Å². The lowest BCUT2D eigenvalue weighted by atomic mass is 10.1. The lowest BCUT2D eigenvalue weighted by Gasteiger charge is -2.16. The number of nitrogens with one attached hydrogen (secondary N) is 1. The lowest BCUT2D eigenvalue weighted by Crippen LogP contribution is -2.33. The van der Waals surface area contributed by atoms with Crippen molar-refractivity contribution in [2.75, 3.05) is 17.7 Å². The maximum atomic E-state index is 10.2. The van der Waals surface area contributed by atoms with Gasteiger partial charge in [-0.1, -0.05) is 0 Å². The van der Waals surface area contributed by atoms with Gasteiger partial charge < -0.3 is 31.1 Å². The van der Waals surface area contributed by atoms with E-state index in [2.05, 4.69) is 20.3 Å². The maximum absolute atomic E-state index is 10.2. The first-order valence-electron chi connectivity index (χ1n) is 7.47. The van der Waals surface area contributed by atoms with Crippen LogP contribution in [0.2, 0.25) is 0 Å². The molecule has 3 heterocycles. The molecule has 1 aliphatic carbocycles. The Labute approximate surface area is 130 Å². The fourth-order valence-corrected chi connectivity index (χ4v) is 2.75. The standard InChI is InChI=1S/C13H18N6O4/c14-13-17-10(16-5-1-2-5)7-11(18-13)19(4-15-7)12-9(22)8(21)6(3-20)23-12/h4-6,8-9,12,20-22H,1-3H2,(H3,14,16,17,18)/t6-,8-,9-,12-/m1/s1. The number of nitrogens with two attached hydrogens (primary N) is 1. The second-order valence-corrected chi connectivity index (χ2v) is 5.90. The van der Waals surface area contributed by atoms with Crippen LogP contribution in [-0.4, -0.2) is 65.8 Å². The highest BCUT2D eigenvalue weighted by Gasteiger charge is 2.44. The molecule has 23 heavy (non-hydrogen) atoms. The van der Waals surface area contributed by atoms with Gasteiger partial charge in [0, 0.05) is 6.04 Å². The van der Waals surface area contributed by atoms with Crippen LogP contribution in [0.1, 0.15) is 19.1 Å². The van der Waals surface area contributed by atoms with E-state index >= 15 is 0 Å². The molecule has 2 aromatic heterocycles. The summed E-state index contributed by atoms with van der Waals surface area (Å²) in [5.41, 5.74) is 6.68. The highest BCUT2D eigenvalue weighted by atomic mass is 16.6. The fourth-order valence-electron chi connectivity index (χ4n) is 2.75. The van der Waals surface area contributed by atoms with E-state index in [1.807, 2.05) is 0 Å². The molecule has 10 heteroatoms. The van der Waals surface area contributed by atoms with Crippen molar-refractivity contribution in [3.05, 3.63) is 6.33 Å². The minimum atomic E-state index is -1.21. The van der Waals surface area contributed by atoms with E-state index < -0.39 is 31.1 Å². The van der Waals surface area contributed by atoms with Crippen molar-refractivity contribution < 1.29 is 20.1 Å². The van der Waals surface area contributed by atoms with E-state index in [4.69, 9.17) is 10.5 Å². The van der Waals surface area contributed by atoms with Gasteiger partial charge in [-0.25, -0.2) is 4.98 Å². The Balaban J connectivity index is 1.74. The Hall–Kier alpha value is -2.01. The third-order valence-electron chi connectivity index (χ3n) is 4.15. The maximum Gasteiger partial charge on any atom is 0.224 e. The molecule has 1 saturated carbocycles. The molecule has 2 aromatic rings. The number of nitrogen functional groups attached to an aromatic ring is 1. The summed E-state index contributed by atoms with van der Waals surface area (Å²) in [7, 11) is 0. The number of anilines is 2. The molecule has 1 saturated heterocycles. The third-order valence-corrected chi connectivity index (χ3v) is 4.15. The molecule has 0 bridgehead atoms. The molecular weight excluding hydrogens is 304 g/mol. The number of hydrogen-bond acceptors (Lipinski definition) is 9. The van der Waals surface area contributed by atoms with Crippen molar-refractivity contribution in [1.82, 2.24) is 19.5 Å². The molecule has 2 aliphatic rings. The zero-order valence-corrected chi connectivity index (χ0v) is 12.2. The molecule has 2 fully saturated rings. The predicted molar refractivity (Wildman–Crippen MR) is 79.4 cm³/mol. The number of aliphatic hydroxyl groups is 3. The van der Waals surface area contributed by atoms with Gasteiger partial charge in [0.25, 0.3) is 0 Å². The van der Waals surface area contributed by atoms with Crippen molar-refractivity contribution in [2.24, 2.45) is 0 Å². The first kappa shape index (κ1) is 14.6. The number of aromatic nitrogens is 4. The summed E-state index contributed by atoms with van der Waals surface area (Å²) < 4.78 is 7.01. The smallest absolute Gasteiger partial charge is 0.224 e. The summed E-state index contributed by atoms with van der Waals surface area (Å²) in [6, 6.07) is 0.367.